The van der Waals surface area contributed by atoms with E-state index in [0.29, 0.717) is 6.42 Å². The largest absolute Gasteiger partial charge is 0.394 e. The molecule has 5 nitrogen and oxygen atoms in total. The Morgan fingerprint density at radius 3 is 0.853 bits per heavy atom. The summed E-state index contributed by atoms with van der Waals surface area (Å²) in [5, 5.41) is 33.6. The zero-order valence-electron chi connectivity index (χ0n) is 46.5. The highest BCUT2D eigenvalue weighted by molar-refractivity contribution is 5.76. The van der Waals surface area contributed by atoms with Crippen molar-refractivity contribution in [3.63, 3.8) is 0 Å². The average Bonchev–Trinajstić information content (AvgIpc) is 3.33. The molecule has 1 amide bonds. The van der Waals surface area contributed by atoms with Gasteiger partial charge in [-0.2, -0.15) is 0 Å². The minimum atomic E-state index is -0.927. The molecule has 0 aliphatic rings. The van der Waals surface area contributed by atoms with Gasteiger partial charge >= 0.3 is 0 Å². The summed E-state index contributed by atoms with van der Waals surface area (Å²) in [6.45, 7) is 4.27. The number of hydrogen-bond donors (Lipinski definition) is 4. The first-order chi connectivity index (χ1) is 33.5. The fraction of sp³-hybridized carbons (Fsp3) is 0.952. The first kappa shape index (κ1) is 67.1. The third-order valence-corrected chi connectivity index (χ3v) is 15.1. The van der Waals surface area contributed by atoms with Crippen LogP contribution < -0.4 is 5.32 Å². The number of aliphatic hydroxyl groups excluding tert-OH is 3. The van der Waals surface area contributed by atoms with Gasteiger partial charge in [-0.05, 0) is 19.3 Å². The molecule has 0 aliphatic carbocycles. The van der Waals surface area contributed by atoms with E-state index >= 15 is 0 Å². The smallest absolute Gasteiger partial charge is 0.222 e. The number of allylic oxidation sites excluding steroid dienone is 1. The van der Waals surface area contributed by atoms with Crippen LogP contribution in [-0.2, 0) is 4.79 Å². The molecule has 3 unspecified atom stereocenters. The Kier molecular flexibility index (Phi) is 57.9. The topological polar surface area (TPSA) is 89.8 Å². The second-order valence-corrected chi connectivity index (χ2v) is 22.0. The molecule has 0 aliphatic heterocycles. The maximum Gasteiger partial charge on any atom is 0.222 e. The molecule has 68 heavy (non-hydrogen) atoms. The lowest BCUT2D eigenvalue weighted by Gasteiger charge is -2.21. The van der Waals surface area contributed by atoms with Gasteiger partial charge in [0.2, 0.25) is 5.91 Å². The van der Waals surface area contributed by atoms with Crippen molar-refractivity contribution in [2.24, 2.45) is 0 Å². The quantitative estimate of drug-likeness (QED) is 0.0361. The zero-order valence-corrected chi connectivity index (χ0v) is 46.5. The number of hydrogen-bond acceptors (Lipinski definition) is 4. The molecule has 5 heteroatoms. The van der Waals surface area contributed by atoms with Crippen molar-refractivity contribution in [2.45, 2.75) is 379 Å². The molecule has 0 aromatic rings. The molecular formula is C63H125NO4. The van der Waals surface area contributed by atoms with E-state index in [4.69, 9.17) is 0 Å². The first-order valence-electron chi connectivity index (χ1n) is 31.5. The summed E-state index contributed by atoms with van der Waals surface area (Å²) >= 11 is 0. The molecule has 406 valence electrons. The van der Waals surface area contributed by atoms with Gasteiger partial charge in [0.25, 0.3) is 0 Å². The van der Waals surface area contributed by atoms with Crippen molar-refractivity contribution in [1.82, 2.24) is 5.32 Å². The molecular weight excluding hydrogens is 835 g/mol. The molecule has 0 spiro atoms. The van der Waals surface area contributed by atoms with Crippen LogP contribution in [0.15, 0.2) is 12.2 Å². The van der Waals surface area contributed by atoms with Crippen molar-refractivity contribution >= 4 is 5.91 Å². The Balaban J connectivity index is 3.49. The number of rotatable bonds is 59. The lowest BCUT2D eigenvalue weighted by molar-refractivity contribution is -0.124. The molecule has 0 aromatic heterocycles. The number of unbranched alkanes of at least 4 members (excludes halogenated alkanes) is 50. The van der Waals surface area contributed by atoms with Crippen LogP contribution in [0.4, 0.5) is 0 Å². The Hall–Kier alpha value is -0.910. The van der Waals surface area contributed by atoms with Crippen LogP contribution in [0.5, 0.6) is 0 Å². The summed E-state index contributed by atoms with van der Waals surface area (Å²) in [6.07, 6.45) is 74.3. The Morgan fingerprint density at radius 2 is 0.603 bits per heavy atom. The number of carbonyl (C=O) groups is 1. The summed E-state index contributed by atoms with van der Waals surface area (Å²) in [4.78, 5) is 12.6. The molecule has 0 saturated heterocycles. The summed E-state index contributed by atoms with van der Waals surface area (Å²) in [6, 6.07) is -0.742. The maximum atomic E-state index is 12.6. The van der Waals surface area contributed by atoms with Gasteiger partial charge in [0.1, 0.15) is 0 Å². The van der Waals surface area contributed by atoms with Crippen molar-refractivity contribution in [1.29, 1.82) is 0 Å². The minimum absolute atomic E-state index is 0.0198. The van der Waals surface area contributed by atoms with Crippen LogP contribution in [0.3, 0.4) is 0 Å². The Morgan fingerprint density at radius 1 is 0.368 bits per heavy atom. The fourth-order valence-corrected chi connectivity index (χ4v) is 10.3. The van der Waals surface area contributed by atoms with Crippen LogP contribution in [0.1, 0.15) is 361 Å². The van der Waals surface area contributed by atoms with Crippen molar-refractivity contribution < 1.29 is 20.1 Å². The van der Waals surface area contributed by atoms with Gasteiger partial charge in [0.05, 0.1) is 31.3 Å². The first-order valence-corrected chi connectivity index (χ1v) is 31.5. The highest BCUT2D eigenvalue weighted by atomic mass is 16.3. The zero-order chi connectivity index (χ0) is 49.3. The van der Waals surface area contributed by atoms with Crippen LogP contribution in [-0.4, -0.2) is 46.1 Å². The molecule has 0 bridgehead atoms. The molecule has 3 atom stereocenters. The van der Waals surface area contributed by atoms with Gasteiger partial charge < -0.3 is 20.6 Å². The number of amides is 1. The van der Waals surface area contributed by atoms with Crippen LogP contribution in [0.25, 0.3) is 0 Å². The Labute approximate surface area is 427 Å². The molecule has 0 saturated carbocycles. The van der Waals surface area contributed by atoms with Crippen LogP contribution >= 0.6 is 0 Å². The molecule has 0 fully saturated rings. The van der Waals surface area contributed by atoms with E-state index in [1.54, 1.807) is 6.08 Å². The van der Waals surface area contributed by atoms with Crippen molar-refractivity contribution in [2.75, 3.05) is 6.61 Å². The highest BCUT2D eigenvalue weighted by Gasteiger charge is 2.20. The van der Waals surface area contributed by atoms with Crippen LogP contribution in [0, 0.1) is 0 Å². The van der Waals surface area contributed by atoms with Crippen LogP contribution in [0.2, 0.25) is 0 Å². The number of nitrogens with one attached hydrogen (secondary N) is 1. The predicted octanol–water partition coefficient (Wildman–Crippen LogP) is 19.8. The summed E-state index contributed by atoms with van der Waals surface area (Å²) in [5.41, 5.74) is 0. The van der Waals surface area contributed by atoms with Crippen molar-refractivity contribution in [3.05, 3.63) is 12.2 Å². The van der Waals surface area contributed by atoms with Gasteiger partial charge in [-0.1, -0.05) is 347 Å². The summed E-state index contributed by atoms with van der Waals surface area (Å²) in [5.74, 6) is -0.307. The van der Waals surface area contributed by atoms with E-state index in [1.807, 2.05) is 6.08 Å². The molecule has 0 radical (unpaired) electrons. The van der Waals surface area contributed by atoms with E-state index in [-0.39, 0.29) is 18.9 Å². The highest BCUT2D eigenvalue weighted by Crippen LogP contribution is 2.19. The van der Waals surface area contributed by atoms with Crippen molar-refractivity contribution in [3.8, 4) is 0 Å². The van der Waals surface area contributed by atoms with Gasteiger partial charge in [0.15, 0.2) is 0 Å². The molecule has 0 heterocycles. The van der Waals surface area contributed by atoms with Gasteiger partial charge in [0, 0.05) is 0 Å². The standard InChI is InChI=1S/C63H125NO4/c1-3-5-7-9-11-13-15-17-19-21-23-25-27-28-29-30-31-32-33-35-36-38-40-42-44-46-48-50-52-54-56-60(66)58-63(68)64-61(59-65)62(67)57-55-53-51-49-47-45-43-41-39-37-34-26-24-22-20-18-16-14-12-10-8-6-4-2/h55,57,60-62,65-67H,3-54,56,58-59H2,1-2H3,(H,64,68)/b57-55+. The SMILES string of the molecule is CCCCCCCCCCCCCCCCCCCCCCC/C=C/C(O)C(CO)NC(=O)CC(O)CCCCCCCCCCCCCCCCCCCCCCCCCCCCCCCC. The maximum absolute atomic E-state index is 12.6. The molecule has 0 aromatic carbocycles. The minimum Gasteiger partial charge on any atom is -0.394 e. The second-order valence-electron chi connectivity index (χ2n) is 22.0. The monoisotopic (exact) mass is 960 g/mol. The third-order valence-electron chi connectivity index (χ3n) is 15.1. The number of carbonyl (C=O) groups excluding carboxylic acids is 1. The summed E-state index contributed by atoms with van der Waals surface area (Å²) in [7, 11) is 0. The predicted molar refractivity (Wildman–Crippen MR) is 301 cm³/mol. The average molecular weight is 961 g/mol. The third kappa shape index (κ3) is 54.4. The lowest BCUT2D eigenvalue weighted by Crippen LogP contribution is -2.45. The van der Waals surface area contributed by atoms with E-state index in [1.165, 1.54) is 308 Å². The van der Waals surface area contributed by atoms with Gasteiger partial charge in [-0.3, -0.25) is 4.79 Å². The van der Waals surface area contributed by atoms with Gasteiger partial charge in [-0.25, -0.2) is 0 Å². The number of aliphatic hydroxyl groups is 3. The van der Waals surface area contributed by atoms with Gasteiger partial charge in [-0.15, -0.1) is 0 Å². The lowest BCUT2D eigenvalue weighted by atomic mass is 10.0. The normalized spacial score (nSPS) is 13.2. The van der Waals surface area contributed by atoms with E-state index < -0.39 is 18.2 Å². The van der Waals surface area contributed by atoms with E-state index in [9.17, 15) is 20.1 Å². The summed E-state index contributed by atoms with van der Waals surface area (Å²) < 4.78 is 0. The van der Waals surface area contributed by atoms with E-state index in [0.717, 1.165) is 25.7 Å². The van der Waals surface area contributed by atoms with E-state index in [2.05, 4.69) is 19.2 Å². The Bertz CT molecular complexity index is 971. The molecule has 4 N–H and O–H groups in total. The fourth-order valence-electron chi connectivity index (χ4n) is 10.3. The molecule has 0 rings (SSSR count). The second kappa shape index (κ2) is 58.7.